The zero-order chi connectivity index (χ0) is 19.5. The van der Waals surface area contributed by atoms with Crippen LogP contribution in [-0.2, 0) is 6.42 Å². The van der Waals surface area contributed by atoms with Crippen molar-refractivity contribution in [3.8, 4) is 6.07 Å². The average molecular weight is 375 g/mol. The fourth-order valence-corrected chi connectivity index (χ4v) is 3.99. The van der Waals surface area contributed by atoms with E-state index in [9.17, 15) is 4.79 Å². The highest BCUT2D eigenvalue weighted by Crippen LogP contribution is 2.23. The summed E-state index contributed by atoms with van der Waals surface area (Å²) in [6.45, 7) is 2.02. The maximum absolute atomic E-state index is 12.4. The SMILES string of the molecule is Cc1ccc(C(=O)NC2CCC(NC3=CCCc4nc(C#N)cn43)CC2)cc1. The molecule has 1 fully saturated rings. The minimum Gasteiger partial charge on any atom is -0.369 e. The van der Waals surface area contributed by atoms with E-state index in [2.05, 4.69) is 27.8 Å². The number of imidazole rings is 1. The Morgan fingerprint density at radius 1 is 1.18 bits per heavy atom. The number of nitrogens with zero attached hydrogens (tertiary/aromatic N) is 3. The van der Waals surface area contributed by atoms with Crippen LogP contribution in [0.3, 0.4) is 0 Å². The van der Waals surface area contributed by atoms with Gasteiger partial charge in [-0.3, -0.25) is 9.36 Å². The Bertz CT molecular complexity index is 927. The molecule has 1 aromatic heterocycles. The van der Waals surface area contributed by atoms with E-state index in [1.165, 1.54) is 0 Å². The van der Waals surface area contributed by atoms with E-state index in [-0.39, 0.29) is 11.9 Å². The maximum Gasteiger partial charge on any atom is 0.251 e. The molecule has 0 unspecified atom stereocenters. The number of nitriles is 1. The van der Waals surface area contributed by atoms with Crippen molar-refractivity contribution in [2.75, 3.05) is 0 Å². The lowest BCUT2D eigenvalue weighted by Crippen LogP contribution is -2.42. The molecule has 1 saturated carbocycles. The van der Waals surface area contributed by atoms with E-state index in [1.54, 1.807) is 6.20 Å². The standard InChI is InChI=1S/C22H25N5O/c1-15-5-7-16(8-6-15)22(28)26-18-11-9-17(10-12-18)24-20-3-2-4-21-25-19(13-23)14-27(20)21/h3,5-8,14,17-18,24H,2,4,9-12H2,1H3,(H,26,28). The number of aromatic nitrogens is 2. The third-order valence-corrected chi connectivity index (χ3v) is 5.59. The van der Waals surface area contributed by atoms with Gasteiger partial charge in [0.15, 0.2) is 5.69 Å². The van der Waals surface area contributed by atoms with Crippen LogP contribution < -0.4 is 10.6 Å². The van der Waals surface area contributed by atoms with Crippen molar-refractivity contribution in [2.24, 2.45) is 0 Å². The van der Waals surface area contributed by atoms with Crippen LogP contribution in [-0.4, -0.2) is 27.5 Å². The van der Waals surface area contributed by atoms with Gasteiger partial charge >= 0.3 is 0 Å². The lowest BCUT2D eigenvalue weighted by Gasteiger charge is -2.32. The molecule has 1 amide bonds. The summed E-state index contributed by atoms with van der Waals surface area (Å²) in [4.78, 5) is 16.8. The minimum atomic E-state index is 0.0125. The fraction of sp³-hybridized carbons (Fsp3) is 0.409. The quantitative estimate of drug-likeness (QED) is 0.860. The van der Waals surface area contributed by atoms with Gasteiger partial charge in [0.2, 0.25) is 0 Å². The number of carbonyl (C=O) groups is 1. The van der Waals surface area contributed by atoms with Gasteiger partial charge in [0.25, 0.3) is 5.91 Å². The molecule has 2 heterocycles. The summed E-state index contributed by atoms with van der Waals surface area (Å²) in [6.07, 6.45) is 9.72. The number of fused-ring (bicyclic) bond motifs is 1. The predicted molar refractivity (Wildman–Crippen MR) is 107 cm³/mol. The summed E-state index contributed by atoms with van der Waals surface area (Å²) in [5.41, 5.74) is 2.34. The topological polar surface area (TPSA) is 82.7 Å². The minimum absolute atomic E-state index is 0.0125. The molecule has 0 spiro atoms. The molecular formula is C22H25N5O. The van der Waals surface area contributed by atoms with Crippen LogP contribution in [0.25, 0.3) is 5.82 Å². The van der Waals surface area contributed by atoms with Gasteiger partial charge in [-0.05, 0) is 57.2 Å². The molecule has 0 radical (unpaired) electrons. The molecule has 2 aliphatic rings. The van der Waals surface area contributed by atoms with E-state index in [0.717, 1.165) is 61.3 Å². The number of carbonyl (C=O) groups excluding carboxylic acids is 1. The first-order valence-electron chi connectivity index (χ1n) is 9.95. The number of rotatable bonds is 4. The highest BCUT2D eigenvalue weighted by Gasteiger charge is 2.24. The van der Waals surface area contributed by atoms with Crippen molar-refractivity contribution in [3.05, 3.63) is 59.2 Å². The summed E-state index contributed by atoms with van der Waals surface area (Å²) < 4.78 is 2.01. The number of allylic oxidation sites excluding steroid dienone is 1. The monoisotopic (exact) mass is 375 g/mol. The average Bonchev–Trinajstić information content (AvgIpc) is 3.14. The summed E-state index contributed by atoms with van der Waals surface area (Å²) in [7, 11) is 0. The van der Waals surface area contributed by atoms with Crippen LogP contribution >= 0.6 is 0 Å². The number of aryl methyl sites for hydroxylation is 2. The van der Waals surface area contributed by atoms with Crippen molar-refractivity contribution in [1.29, 1.82) is 5.26 Å². The lowest BCUT2D eigenvalue weighted by atomic mass is 9.91. The van der Waals surface area contributed by atoms with Gasteiger partial charge in [0, 0.05) is 30.3 Å². The van der Waals surface area contributed by atoms with Crippen molar-refractivity contribution in [1.82, 2.24) is 20.2 Å². The van der Waals surface area contributed by atoms with E-state index in [4.69, 9.17) is 5.26 Å². The second-order valence-electron chi connectivity index (χ2n) is 7.68. The Kier molecular flexibility index (Phi) is 5.16. The molecule has 2 N–H and O–H groups in total. The van der Waals surface area contributed by atoms with Gasteiger partial charge in [-0.25, -0.2) is 4.98 Å². The molecule has 1 aliphatic heterocycles. The van der Waals surface area contributed by atoms with Crippen molar-refractivity contribution >= 4 is 11.7 Å². The maximum atomic E-state index is 12.4. The third kappa shape index (κ3) is 3.94. The molecule has 0 atom stereocenters. The fourth-order valence-electron chi connectivity index (χ4n) is 3.99. The van der Waals surface area contributed by atoms with Crippen LogP contribution in [0.15, 0.2) is 36.5 Å². The molecule has 0 saturated heterocycles. The Hall–Kier alpha value is -3.07. The van der Waals surface area contributed by atoms with E-state index in [0.29, 0.717) is 11.7 Å². The Morgan fingerprint density at radius 2 is 1.89 bits per heavy atom. The number of hydrogen-bond donors (Lipinski definition) is 2. The first-order valence-corrected chi connectivity index (χ1v) is 9.95. The van der Waals surface area contributed by atoms with Gasteiger partial charge in [-0.1, -0.05) is 17.7 Å². The van der Waals surface area contributed by atoms with Crippen molar-refractivity contribution < 1.29 is 4.79 Å². The largest absolute Gasteiger partial charge is 0.369 e. The lowest BCUT2D eigenvalue weighted by molar-refractivity contribution is 0.0925. The number of amides is 1. The van der Waals surface area contributed by atoms with E-state index >= 15 is 0 Å². The molecule has 1 aromatic carbocycles. The van der Waals surface area contributed by atoms with Crippen molar-refractivity contribution in [3.63, 3.8) is 0 Å². The zero-order valence-corrected chi connectivity index (χ0v) is 16.1. The molecule has 2 aromatic rings. The second-order valence-corrected chi connectivity index (χ2v) is 7.68. The van der Waals surface area contributed by atoms with Crippen LogP contribution in [0.2, 0.25) is 0 Å². The van der Waals surface area contributed by atoms with Crippen LogP contribution in [0, 0.1) is 18.3 Å². The zero-order valence-electron chi connectivity index (χ0n) is 16.1. The smallest absolute Gasteiger partial charge is 0.251 e. The number of benzene rings is 1. The second kappa shape index (κ2) is 7.89. The Morgan fingerprint density at radius 3 is 2.61 bits per heavy atom. The summed E-state index contributed by atoms with van der Waals surface area (Å²) in [5, 5.41) is 15.9. The molecule has 6 heteroatoms. The molecule has 144 valence electrons. The normalized spacial score (nSPS) is 21.2. The van der Waals surface area contributed by atoms with Gasteiger partial charge < -0.3 is 10.6 Å². The van der Waals surface area contributed by atoms with Gasteiger partial charge in [0.1, 0.15) is 17.7 Å². The van der Waals surface area contributed by atoms with Crippen LogP contribution in [0.4, 0.5) is 0 Å². The highest BCUT2D eigenvalue weighted by molar-refractivity contribution is 5.94. The Balaban J connectivity index is 1.31. The first-order chi connectivity index (χ1) is 13.6. The van der Waals surface area contributed by atoms with Crippen molar-refractivity contribution in [2.45, 2.75) is 57.5 Å². The van der Waals surface area contributed by atoms with Crippen LogP contribution in [0.5, 0.6) is 0 Å². The number of nitrogens with one attached hydrogen (secondary N) is 2. The van der Waals surface area contributed by atoms with Gasteiger partial charge in [-0.15, -0.1) is 0 Å². The van der Waals surface area contributed by atoms with Gasteiger partial charge in [0.05, 0.1) is 0 Å². The molecule has 6 nitrogen and oxygen atoms in total. The first kappa shape index (κ1) is 18.3. The highest BCUT2D eigenvalue weighted by atomic mass is 16.1. The Labute approximate surface area is 165 Å². The van der Waals surface area contributed by atoms with E-state index in [1.807, 2.05) is 35.8 Å². The predicted octanol–water partition coefficient (Wildman–Crippen LogP) is 3.14. The molecule has 28 heavy (non-hydrogen) atoms. The molecule has 4 rings (SSSR count). The van der Waals surface area contributed by atoms with Gasteiger partial charge in [-0.2, -0.15) is 5.26 Å². The summed E-state index contributed by atoms with van der Waals surface area (Å²) in [5.74, 6) is 1.99. The molecular weight excluding hydrogens is 350 g/mol. The third-order valence-electron chi connectivity index (χ3n) is 5.59. The van der Waals surface area contributed by atoms with Crippen LogP contribution in [0.1, 0.15) is 59.5 Å². The molecule has 0 bridgehead atoms. The summed E-state index contributed by atoms with van der Waals surface area (Å²) in [6, 6.07) is 10.4. The molecule has 1 aliphatic carbocycles. The number of hydrogen-bond acceptors (Lipinski definition) is 4. The van der Waals surface area contributed by atoms with E-state index < -0.39 is 0 Å². The summed E-state index contributed by atoms with van der Waals surface area (Å²) >= 11 is 0.